The first-order valence-corrected chi connectivity index (χ1v) is 44.5. The molecule has 4 nitrogen and oxygen atoms in total. The predicted octanol–water partition coefficient (Wildman–Crippen LogP) is 36.0. The fourth-order valence-corrected chi connectivity index (χ4v) is 19.0. The van der Waals surface area contributed by atoms with Crippen molar-refractivity contribution in [3.63, 3.8) is 0 Å². The number of fused-ring (bicyclic) bond motifs is 9. The molecule has 0 aliphatic heterocycles. The Morgan fingerprint density at radius 2 is 0.392 bits per heavy atom. The Balaban J connectivity index is 0.000000115. The molecule has 24 aromatic rings. The smallest absolute Gasteiger partial charge is 0.159 e. The number of hydrogen-bond donors (Lipinski definition) is 0. The van der Waals surface area contributed by atoms with Crippen molar-refractivity contribution in [3.05, 3.63) is 528 Å². The molecule has 0 atom stereocenters. The van der Waals surface area contributed by atoms with Gasteiger partial charge in [0.2, 0.25) is 0 Å². The molecule has 0 spiro atoms. The van der Waals surface area contributed by atoms with Crippen molar-refractivity contribution >= 4 is 138 Å². The minimum absolute atomic E-state index is 0.879. The van der Waals surface area contributed by atoms with Crippen LogP contribution < -0.4 is 14.7 Å². The third-order valence-electron chi connectivity index (χ3n) is 25.2. The summed E-state index contributed by atoms with van der Waals surface area (Å²) in [5.74, 6) is 0. The van der Waals surface area contributed by atoms with Gasteiger partial charge in [-0.2, -0.15) is 0 Å². The standard InChI is InChI=1S/2C44H31N.C38H25NO/c1-3-13-32(14-4-1)34-25-28-38(29-26-34)45(39-21-11-20-37(31-39)33-15-5-2-6-16-33)43-30-27-36-18-8-10-23-41(36)44(43)42-24-12-19-35-17-7-9-22-40(35)42;1-3-12-32(13-4-1)34-22-27-38(28-23-34)45(39-29-24-35(25-30-39)33-14-5-2-6-15-33)43-31-26-37-17-8-10-20-41(37)44(43)42-21-11-18-36-16-7-9-19-40(36)42;1-2-15-28(16-3-1)39(35-22-11-21-33-31-19-8-9-23-36(31)40-38(33)35)34-25-24-27-13-5-7-18-30(27)37(34)32-20-10-14-26-12-4-6-17-29(26)32/h2*1-31H;1-25H. The lowest BCUT2D eigenvalue weighted by Gasteiger charge is -2.29. The van der Waals surface area contributed by atoms with Crippen LogP contribution in [0, 0.1) is 0 Å². The summed E-state index contributed by atoms with van der Waals surface area (Å²) in [5.41, 5.74) is 28.6. The monoisotopic (exact) mass is 1660 g/mol. The van der Waals surface area contributed by atoms with Crippen molar-refractivity contribution in [2.24, 2.45) is 0 Å². The maximum atomic E-state index is 6.57. The van der Waals surface area contributed by atoms with Gasteiger partial charge in [-0.1, -0.05) is 437 Å². The average molecular weight is 1660 g/mol. The Hall–Kier alpha value is -17.2. The van der Waals surface area contributed by atoms with Crippen molar-refractivity contribution in [3.8, 4) is 77.9 Å². The molecule has 0 saturated heterocycles. The second-order valence-electron chi connectivity index (χ2n) is 32.9. The largest absolute Gasteiger partial charge is 0.454 e. The van der Waals surface area contributed by atoms with Gasteiger partial charge in [-0.15, -0.1) is 0 Å². The SMILES string of the molecule is c1ccc(-c2ccc(N(c3ccc(-c4ccccc4)cc3)c3ccc4ccccc4c3-c3cccc4ccccc34)cc2)cc1.c1ccc(-c2ccc(N(c3cccc(-c4ccccc4)c3)c3ccc4ccccc4c3-c3cccc4ccccc34)cc2)cc1.c1ccc(N(c2ccc3ccccc3c2-c2cccc3ccccc23)c2cccc3c2oc2ccccc23)cc1. The lowest BCUT2D eigenvalue weighted by atomic mass is 9.91. The topological polar surface area (TPSA) is 22.9 Å². The van der Waals surface area contributed by atoms with Gasteiger partial charge >= 0.3 is 0 Å². The molecule has 0 aliphatic rings. The van der Waals surface area contributed by atoms with Gasteiger partial charge < -0.3 is 19.1 Å². The summed E-state index contributed by atoms with van der Waals surface area (Å²) < 4.78 is 6.57. The van der Waals surface area contributed by atoms with Crippen LogP contribution in [-0.4, -0.2) is 0 Å². The summed E-state index contributed by atoms with van der Waals surface area (Å²) in [7, 11) is 0. The third kappa shape index (κ3) is 15.4. The van der Waals surface area contributed by atoms with Gasteiger partial charge in [0, 0.05) is 55.9 Å². The highest BCUT2D eigenvalue weighted by atomic mass is 16.3. The highest BCUT2D eigenvalue weighted by Gasteiger charge is 2.27. The summed E-state index contributed by atoms with van der Waals surface area (Å²) in [6.45, 7) is 0. The maximum absolute atomic E-state index is 6.57. The van der Waals surface area contributed by atoms with Crippen LogP contribution in [-0.2, 0) is 0 Å². The van der Waals surface area contributed by atoms with E-state index in [9.17, 15) is 0 Å². The molecular weight excluding hydrogens is 1570 g/mol. The van der Waals surface area contributed by atoms with Gasteiger partial charge in [0.15, 0.2) is 5.58 Å². The molecule has 24 rings (SSSR count). The summed E-state index contributed by atoms with van der Waals surface area (Å²) >= 11 is 0. The number of hydrogen-bond acceptors (Lipinski definition) is 4. The Labute approximate surface area is 757 Å². The van der Waals surface area contributed by atoms with Crippen molar-refractivity contribution in [1.29, 1.82) is 0 Å². The van der Waals surface area contributed by atoms with Crippen molar-refractivity contribution < 1.29 is 4.42 Å². The van der Waals surface area contributed by atoms with Crippen LogP contribution in [0.2, 0.25) is 0 Å². The lowest BCUT2D eigenvalue weighted by molar-refractivity contribution is 0.669. The molecule has 4 heteroatoms. The van der Waals surface area contributed by atoms with Gasteiger partial charge in [-0.05, 0) is 217 Å². The molecule has 0 radical (unpaired) electrons. The first kappa shape index (κ1) is 78.8. The highest BCUT2D eigenvalue weighted by Crippen LogP contribution is 2.53. The fraction of sp³-hybridized carbons (Fsp3) is 0. The molecule has 0 amide bonds. The van der Waals surface area contributed by atoms with Crippen molar-refractivity contribution in [1.82, 2.24) is 0 Å². The zero-order chi connectivity index (χ0) is 86.5. The van der Waals surface area contributed by atoms with Crippen LogP contribution in [0.5, 0.6) is 0 Å². The normalized spacial score (nSPS) is 11.2. The van der Waals surface area contributed by atoms with Crippen LogP contribution in [0.4, 0.5) is 51.2 Å². The van der Waals surface area contributed by atoms with Crippen molar-refractivity contribution in [2.75, 3.05) is 14.7 Å². The first-order chi connectivity index (χ1) is 64.5. The van der Waals surface area contributed by atoms with Crippen LogP contribution in [0.15, 0.2) is 532 Å². The molecule has 1 heterocycles. The first-order valence-electron chi connectivity index (χ1n) is 44.5. The van der Waals surface area contributed by atoms with Gasteiger partial charge in [0.1, 0.15) is 5.58 Å². The zero-order valence-electron chi connectivity index (χ0n) is 71.5. The molecule has 0 aliphatic carbocycles. The van der Waals surface area contributed by atoms with E-state index in [1.54, 1.807) is 0 Å². The minimum Gasteiger partial charge on any atom is -0.454 e. The summed E-state index contributed by atoms with van der Waals surface area (Å²) in [6.07, 6.45) is 0. The molecule has 0 N–H and O–H groups in total. The van der Waals surface area contributed by atoms with Crippen molar-refractivity contribution in [2.45, 2.75) is 0 Å². The molecule has 0 unspecified atom stereocenters. The number of benzene rings is 23. The molecule has 0 saturated carbocycles. The van der Waals surface area contributed by atoms with E-state index < -0.39 is 0 Å². The van der Waals surface area contributed by atoms with E-state index in [4.69, 9.17) is 4.42 Å². The molecule has 0 bridgehead atoms. The number of furan rings is 1. The van der Waals surface area contributed by atoms with E-state index in [2.05, 4.69) is 530 Å². The van der Waals surface area contributed by atoms with Crippen LogP contribution in [0.25, 0.3) is 164 Å². The average Bonchev–Trinajstić information content (AvgIpc) is 1.02. The predicted molar refractivity (Wildman–Crippen MR) is 554 cm³/mol. The number of para-hydroxylation sites is 3. The second-order valence-corrected chi connectivity index (χ2v) is 32.9. The highest BCUT2D eigenvalue weighted by molar-refractivity contribution is 6.17. The Kier molecular flexibility index (Phi) is 21.5. The fourth-order valence-electron chi connectivity index (χ4n) is 19.0. The number of rotatable bonds is 16. The zero-order valence-corrected chi connectivity index (χ0v) is 71.5. The minimum atomic E-state index is 0.879. The lowest BCUT2D eigenvalue weighted by Crippen LogP contribution is -2.11. The summed E-state index contributed by atoms with van der Waals surface area (Å²) in [4.78, 5) is 7.19. The number of anilines is 9. The maximum Gasteiger partial charge on any atom is 0.159 e. The van der Waals surface area contributed by atoms with E-state index in [1.807, 2.05) is 12.1 Å². The van der Waals surface area contributed by atoms with Gasteiger partial charge in [0.05, 0.1) is 22.7 Å². The molecule has 0 fully saturated rings. The van der Waals surface area contributed by atoms with E-state index in [1.165, 1.54) is 143 Å². The van der Waals surface area contributed by atoms with Gasteiger partial charge in [-0.25, -0.2) is 0 Å². The van der Waals surface area contributed by atoms with E-state index in [0.29, 0.717) is 0 Å². The Bertz CT molecular complexity index is 8100. The summed E-state index contributed by atoms with van der Waals surface area (Å²) in [5, 5.41) is 17.0. The van der Waals surface area contributed by atoms with E-state index in [0.717, 1.165) is 73.1 Å². The molecule has 130 heavy (non-hydrogen) atoms. The quantitative estimate of drug-likeness (QED) is 0.0962. The van der Waals surface area contributed by atoms with Gasteiger partial charge in [-0.3, -0.25) is 0 Å². The van der Waals surface area contributed by atoms with Crippen LogP contribution >= 0.6 is 0 Å². The molecular formula is C126H87N3O. The van der Waals surface area contributed by atoms with E-state index in [-0.39, 0.29) is 0 Å². The van der Waals surface area contributed by atoms with Crippen LogP contribution in [0.3, 0.4) is 0 Å². The molecule has 1 aromatic heterocycles. The van der Waals surface area contributed by atoms with Gasteiger partial charge in [0.25, 0.3) is 0 Å². The molecule has 612 valence electrons. The Morgan fingerprint density at radius 1 is 0.138 bits per heavy atom. The van der Waals surface area contributed by atoms with E-state index >= 15 is 0 Å². The van der Waals surface area contributed by atoms with Crippen LogP contribution in [0.1, 0.15) is 0 Å². The Morgan fingerprint density at radius 3 is 0.785 bits per heavy atom. The summed E-state index contributed by atoms with van der Waals surface area (Å²) in [6, 6.07) is 189. The molecule has 23 aromatic carbocycles. The number of nitrogens with zero attached hydrogens (tertiary/aromatic N) is 3. The second kappa shape index (κ2) is 35.5. The third-order valence-corrected chi connectivity index (χ3v) is 25.2.